The van der Waals surface area contributed by atoms with Crippen LogP contribution in [0, 0.1) is 20.8 Å². The van der Waals surface area contributed by atoms with E-state index in [4.69, 9.17) is 0 Å². The average molecular weight is 237 g/mol. The molecule has 0 radical (unpaired) electrons. The largest absolute Gasteiger partial charge is 0.288 e. The number of hydrogen-bond acceptors (Lipinski definition) is 4. The zero-order valence-corrected chi connectivity index (χ0v) is 10.5. The van der Waals surface area contributed by atoms with Crippen molar-refractivity contribution in [3.8, 4) is 0 Å². The third-order valence-corrected chi connectivity index (χ3v) is 4.13. The molecule has 0 saturated carbocycles. The molecule has 2 aromatic heterocycles. The Morgan fingerprint density at radius 3 is 2.53 bits per heavy atom. The van der Waals surface area contributed by atoms with E-state index >= 15 is 0 Å². The second-order valence-corrected chi connectivity index (χ2v) is 5.69. The van der Waals surface area contributed by atoms with Crippen LogP contribution in [0.4, 0.5) is 0 Å². The summed E-state index contributed by atoms with van der Waals surface area (Å²) >= 11 is 3.08. The van der Waals surface area contributed by atoms with Crippen LogP contribution in [-0.4, -0.2) is 10.8 Å². The molecule has 0 aliphatic rings. The Hall–Kier alpha value is -1.00. The molecule has 15 heavy (non-hydrogen) atoms. The first-order valence-electron chi connectivity index (χ1n) is 4.62. The molecule has 0 aliphatic heterocycles. The predicted octanol–water partition coefficient (Wildman–Crippen LogP) is 3.36. The first kappa shape index (κ1) is 10.5. The third-order valence-electron chi connectivity index (χ3n) is 2.21. The number of nitrogens with zero attached hydrogens (tertiary/aromatic N) is 1. The van der Waals surface area contributed by atoms with Gasteiger partial charge in [-0.05, 0) is 32.2 Å². The summed E-state index contributed by atoms with van der Waals surface area (Å²) in [6.45, 7) is 5.79. The summed E-state index contributed by atoms with van der Waals surface area (Å²) in [5.41, 5.74) is 1.65. The number of carbonyl (C=O) groups excluding carboxylic acids is 1. The highest BCUT2D eigenvalue weighted by atomic mass is 32.1. The van der Waals surface area contributed by atoms with Crippen molar-refractivity contribution in [2.45, 2.75) is 20.8 Å². The van der Waals surface area contributed by atoms with Gasteiger partial charge < -0.3 is 0 Å². The Morgan fingerprint density at radius 1 is 1.33 bits per heavy atom. The van der Waals surface area contributed by atoms with Gasteiger partial charge in [0.05, 0.1) is 15.6 Å². The average Bonchev–Trinajstić information content (AvgIpc) is 2.71. The number of rotatable bonds is 2. The maximum Gasteiger partial charge on any atom is 0.205 e. The molecule has 0 N–H and O–H groups in total. The SMILES string of the molecule is Cc1nc(C)c(C(=O)c2ccsc2C)s1. The minimum absolute atomic E-state index is 0.108. The van der Waals surface area contributed by atoms with Crippen molar-refractivity contribution < 1.29 is 4.79 Å². The van der Waals surface area contributed by atoms with Gasteiger partial charge in [0.1, 0.15) is 0 Å². The van der Waals surface area contributed by atoms with Gasteiger partial charge in [-0.3, -0.25) is 4.79 Å². The molecule has 0 atom stereocenters. The van der Waals surface area contributed by atoms with Gasteiger partial charge in [0.15, 0.2) is 0 Å². The summed E-state index contributed by atoms with van der Waals surface area (Å²) in [6.07, 6.45) is 0. The van der Waals surface area contributed by atoms with Gasteiger partial charge in [-0.1, -0.05) is 0 Å². The van der Waals surface area contributed by atoms with Crippen LogP contribution in [0.5, 0.6) is 0 Å². The fourth-order valence-corrected chi connectivity index (χ4v) is 3.05. The topological polar surface area (TPSA) is 30.0 Å². The van der Waals surface area contributed by atoms with Gasteiger partial charge in [-0.25, -0.2) is 4.98 Å². The fraction of sp³-hybridized carbons (Fsp3) is 0.273. The Kier molecular flexibility index (Phi) is 2.71. The minimum Gasteiger partial charge on any atom is -0.288 e. The molecule has 0 saturated heterocycles. The molecular weight excluding hydrogens is 226 g/mol. The number of aromatic nitrogens is 1. The summed E-state index contributed by atoms with van der Waals surface area (Å²) in [6, 6.07) is 1.89. The molecule has 0 aromatic carbocycles. The highest BCUT2D eigenvalue weighted by Gasteiger charge is 2.17. The van der Waals surface area contributed by atoms with Crippen molar-refractivity contribution >= 4 is 28.5 Å². The molecule has 0 aliphatic carbocycles. The summed E-state index contributed by atoms with van der Waals surface area (Å²) in [5, 5.41) is 2.90. The molecule has 0 amide bonds. The van der Waals surface area contributed by atoms with E-state index in [9.17, 15) is 4.79 Å². The van der Waals surface area contributed by atoms with Gasteiger partial charge in [0.2, 0.25) is 5.78 Å². The molecule has 2 aromatic rings. The van der Waals surface area contributed by atoms with Crippen LogP contribution < -0.4 is 0 Å². The zero-order valence-electron chi connectivity index (χ0n) is 8.83. The van der Waals surface area contributed by atoms with Crippen molar-refractivity contribution in [3.63, 3.8) is 0 Å². The van der Waals surface area contributed by atoms with E-state index < -0.39 is 0 Å². The minimum atomic E-state index is 0.108. The number of hydrogen-bond donors (Lipinski definition) is 0. The van der Waals surface area contributed by atoms with Gasteiger partial charge in [0.25, 0.3) is 0 Å². The number of ketones is 1. The van der Waals surface area contributed by atoms with E-state index in [1.807, 2.05) is 32.2 Å². The number of carbonyl (C=O) groups is 1. The molecule has 0 unspecified atom stereocenters. The first-order chi connectivity index (χ1) is 7.09. The molecule has 78 valence electrons. The van der Waals surface area contributed by atoms with Gasteiger partial charge in [-0.15, -0.1) is 22.7 Å². The number of thiophene rings is 1. The van der Waals surface area contributed by atoms with Crippen LogP contribution in [0.15, 0.2) is 11.4 Å². The van der Waals surface area contributed by atoms with E-state index in [1.165, 1.54) is 11.3 Å². The molecule has 0 spiro atoms. The Morgan fingerprint density at radius 2 is 2.07 bits per heavy atom. The Balaban J connectivity index is 2.45. The smallest absolute Gasteiger partial charge is 0.205 e. The summed E-state index contributed by atoms with van der Waals surface area (Å²) in [7, 11) is 0. The maximum absolute atomic E-state index is 12.1. The van der Waals surface area contributed by atoms with Crippen molar-refractivity contribution in [1.29, 1.82) is 0 Å². The standard InChI is InChI=1S/C11H11NOS2/c1-6-11(15-8(3)12-6)10(13)9-4-5-14-7(9)2/h4-5H,1-3H3. The summed E-state index contributed by atoms with van der Waals surface area (Å²) in [4.78, 5) is 18.3. The lowest BCUT2D eigenvalue weighted by Crippen LogP contribution is -2.00. The normalized spacial score (nSPS) is 10.6. The van der Waals surface area contributed by atoms with Crippen LogP contribution in [-0.2, 0) is 0 Å². The molecule has 0 bridgehead atoms. The van der Waals surface area contributed by atoms with Crippen LogP contribution in [0.1, 0.15) is 30.8 Å². The third kappa shape index (κ3) is 1.87. The van der Waals surface area contributed by atoms with Crippen LogP contribution in [0.2, 0.25) is 0 Å². The number of aryl methyl sites for hydroxylation is 3. The van der Waals surface area contributed by atoms with E-state index in [1.54, 1.807) is 11.3 Å². The van der Waals surface area contributed by atoms with Gasteiger partial charge >= 0.3 is 0 Å². The van der Waals surface area contributed by atoms with E-state index in [0.717, 1.165) is 26.0 Å². The Bertz CT molecular complexity index is 510. The van der Waals surface area contributed by atoms with Crippen molar-refractivity contribution in [3.05, 3.63) is 37.5 Å². The second-order valence-electron chi connectivity index (χ2n) is 3.37. The van der Waals surface area contributed by atoms with Crippen LogP contribution in [0.3, 0.4) is 0 Å². The zero-order chi connectivity index (χ0) is 11.0. The van der Waals surface area contributed by atoms with E-state index in [2.05, 4.69) is 4.98 Å². The van der Waals surface area contributed by atoms with Crippen molar-refractivity contribution in [1.82, 2.24) is 4.98 Å². The van der Waals surface area contributed by atoms with Crippen molar-refractivity contribution in [2.24, 2.45) is 0 Å². The number of thiazole rings is 1. The molecule has 4 heteroatoms. The predicted molar refractivity (Wildman–Crippen MR) is 64.1 cm³/mol. The maximum atomic E-state index is 12.1. The first-order valence-corrected chi connectivity index (χ1v) is 6.32. The van der Waals surface area contributed by atoms with Gasteiger partial charge in [-0.2, -0.15) is 0 Å². The lowest BCUT2D eigenvalue weighted by Gasteiger charge is -1.96. The molecule has 0 fully saturated rings. The summed E-state index contributed by atoms with van der Waals surface area (Å²) in [5.74, 6) is 0.108. The monoisotopic (exact) mass is 237 g/mol. The quantitative estimate of drug-likeness (QED) is 0.750. The van der Waals surface area contributed by atoms with E-state index in [-0.39, 0.29) is 5.78 Å². The molecular formula is C11H11NOS2. The lowest BCUT2D eigenvalue weighted by atomic mass is 10.1. The highest BCUT2D eigenvalue weighted by Crippen LogP contribution is 2.24. The highest BCUT2D eigenvalue weighted by molar-refractivity contribution is 7.14. The fourth-order valence-electron chi connectivity index (χ4n) is 1.48. The van der Waals surface area contributed by atoms with Gasteiger partial charge in [0, 0.05) is 10.4 Å². The van der Waals surface area contributed by atoms with Crippen LogP contribution in [0.25, 0.3) is 0 Å². The van der Waals surface area contributed by atoms with E-state index in [0.29, 0.717) is 0 Å². The summed E-state index contributed by atoms with van der Waals surface area (Å²) < 4.78 is 0. The second kappa shape index (κ2) is 3.87. The van der Waals surface area contributed by atoms with Crippen molar-refractivity contribution in [2.75, 3.05) is 0 Å². The molecule has 2 heterocycles. The molecule has 2 rings (SSSR count). The lowest BCUT2D eigenvalue weighted by molar-refractivity contribution is 0.104. The van der Waals surface area contributed by atoms with Crippen LogP contribution >= 0.6 is 22.7 Å². The molecule has 2 nitrogen and oxygen atoms in total. The Labute approximate surface area is 96.6 Å².